The third kappa shape index (κ3) is 4.60. The first-order valence-electron chi connectivity index (χ1n) is 4.91. The van der Waals surface area contributed by atoms with E-state index in [1.165, 1.54) is 0 Å². The largest absolute Gasteiger partial charge is 0.393 e. The van der Waals surface area contributed by atoms with Gasteiger partial charge in [0.25, 0.3) is 0 Å². The first-order chi connectivity index (χ1) is 5.97. The zero-order valence-corrected chi connectivity index (χ0v) is 8.75. The standard InChI is InChI=1S/C10H20O3/c1-10(2,3)13-5-4-12-9-6-8(11)7-9/h8-9,11H,4-7H2,1-3H3/t8-,9+. The van der Waals surface area contributed by atoms with Crippen LogP contribution in [0.4, 0.5) is 0 Å². The molecule has 0 aromatic carbocycles. The molecule has 1 rings (SSSR count). The monoisotopic (exact) mass is 188 g/mol. The summed E-state index contributed by atoms with van der Waals surface area (Å²) < 4.78 is 10.9. The number of ether oxygens (including phenoxy) is 2. The molecule has 0 amide bonds. The molecule has 1 aliphatic carbocycles. The van der Waals surface area contributed by atoms with Crippen molar-refractivity contribution < 1.29 is 14.6 Å². The Labute approximate surface area is 80.0 Å². The van der Waals surface area contributed by atoms with Crippen LogP contribution in [-0.4, -0.2) is 36.1 Å². The van der Waals surface area contributed by atoms with Gasteiger partial charge >= 0.3 is 0 Å². The lowest BCUT2D eigenvalue weighted by molar-refractivity contribution is -0.0997. The molecule has 0 unspecified atom stereocenters. The minimum Gasteiger partial charge on any atom is -0.393 e. The van der Waals surface area contributed by atoms with Gasteiger partial charge in [0, 0.05) is 0 Å². The molecular formula is C10H20O3. The van der Waals surface area contributed by atoms with Crippen molar-refractivity contribution in [2.75, 3.05) is 13.2 Å². The highest BCUT2D eigenvalue weighted by Crippen LogP contribution is 2.22. The van der Waals surface area contributed by atoms with Crippen molar-refractivity contribution in [2.45, 2.75) is 51.4 Å². The van der Waals surface area contributed by atoms with Crippen LogP contribution < -0.4 is 0 Å². The van der Waals surface area contributed by atoms with Crippen molar-refractivity contribution in [2.24, 2.45) is 0 Å². The second-order valence-electron chi connectivity index (χ2n) is 4.58. The third-order valence-electron chi connectivity index (χ3n) is 2.04. The van der Waals surface area contributed by atoms with E-state index in [2.05, 4.69) is 0 Å². The number of hydrogen-bond donors (Lipinski definition) is 1. The van der Waals surface area contributed by atoms with E-state index in [0.717, 1.165) is 12.8 Å². The van der Waals surface area contributed by atoms with Crippen LogP contribution in [0, 0.1) is 0 Å². The highest BCUT2D eigenvalue weighted by molar-refractivity contribution is 4.78. The molecule has 0 bridgehead atoms. The maximum absolute atomic E-state index is 8.99. The molecule has 3 heteroatoms. The Morgan fingerprint density at radius 2 is 1.85 bits per heavy atom. The van der Waals surface area contributed by atoms with Gasteiger partial charge in [-0.05, 0) is 33.6 Å². The van der Waals surface area contributed by atoms with Crippen molar-refractivity contribution in [1.29, 1.82) is 0 Å². The minimum atomic E-state index is -0.131. The molecule has 13 heavy (non-hydrogen) atoms. The van der Waals surface area contributed by atoms with Crippen LogP contribution in [0.5, 0.6) is 0 Å². The SMILES string of the molecule is CC(C)(C)OCCO[C@H]1C[C@@H](O)C1. The second-order valence-corrected chi connectivity index (χ2v) is 4.58. The van der Waals surface area contributed by atoms with Gasteiger partial charge in [-0.2, -0.15) is 0 Å². The van der Waals surface area contributed by atoms with Gasteiger partial charge in [0.2, 0.25) is 0 Å². The Balaban J connectivity index is 1.90. The predicted molar refractivity (Wildman–Crippen MR) is 50.7 cm³/mol. The van der Waals surface area contributed by atoms with Crippen LogP contribution in [0.1, 0.15) is 33.6 Å². The van der Waals surface area contributed by atoms with E-state index in [1.807, 2.05) is 20.8 Å². The fourth-order valence-electron chi connectivity index (χ4n) is 1.24. The van der Waals surface area contributed by atoms with Gasteiger partial charge in [-0.15, -0.1) is 0 Å². The number of aliphatic hydroxyl groups excluding tert-OH is 1. The normalized spacial score (nSPS) is 28.6. The van der Waals surface area contributed by atoms with Gasteiger partial charge in [-0.3, -0.25) is 0 Å². The van der Waals surface area contributed by atoms with Crippen LogP contribution >= 0.6 is 0 Å². The predicted octanol–water partition coefficient (Wildman–Crippen LogP) is 1.34. The molecule has 1 fully saturated rings. The Hall–Kier alpha value is -0.120. The van der Waals surface area contributed by atoms with Crippen molar-refractivity contribution in [1.82, 2.24) is 0 Å². The van der Waals surface area contributed by atoms with Crippen molar-refractivity contribution >= 4 is 0 Å². The van der Waals surface area contributed by atoms with E-state index < -0.39 is 0 Å². The van der Waals surface area contributed by atoms with Crippen molar-refractivity contribution in [3.8, 4) is 0 Å². The molecule has 0 saturated heterocycles. The van der Waals surface area contributed by atoms with Gasteiger partial charge in [0.1, 0.15) is 0 Å². The highest BCUT2D eigenvalue weighted by Gasteiger charge is 2.27. The zero-order chi connectivity index (χ0) is 9.90. The third-order valence-corrected chi connectivity index (χ3v) is 2.04. The summed E-state index contributed by atoms with van der Waals surface area (Å²) in [6.07, 6.45) is 1.71. The average Bonchev–Trinajstić information content (AvgIpc) is 1.91. The molecule has 0 atom stereocenters. The highest BCUT2D eigenvalue weighted by atomic mass is 16.5. The van der Waals surface area contributed by atoms with Crippen LogP contribution in [0.15, 0.2) is 0 Å². The van der Waals surface area contributed by atoms with E-state index in [9.17, 15) is 0 Å². The van der Waals surface area contributed by atoms with E-state index >= 15 is 0 Å². The number of rotatable bonds is 4. The lowest BCUT2D eigenvalue weighted by atomic mass is 9.92. The molecule has 0 aromatic heterocycles. The van der Waals surface area contributed by atoms with Gasteiger partial charge in [-0.1, -0.05) is 0 Å². The van der Waals surface area contributed by atoms with Crippen LogP contribution in [-0.2, 0) is 9.47 Å². The molecule has 0 spiro atoms. The summed E-state index contributed by atoms with van der Waals surface area (Å²) in [6.45, 7) is 7.35. The summed E-state index contributed by atoms with van der Waals surface area (Å²) in [6, 6.07) is 0. The fraction of sp³-hybridized carbons (Fsp3) is 1.00. The summed E-state index contributed by atoms with van der Waals surface area (Å²) >= 11 is 0. The lowest BCUT2D eigenvalue weighted by Gasteiger charge is -2.31. The maximum atomic E-state index is 8.99. The first kappa shape index (κ1) is 11.0. The minimum absolute atomic E-state index is 0.0809. The maximum Gasteiger partial charge on any atom is 0.0707 e. The molecule has 0 aromatic rings. The Bertz CT molecular complexity index is 145. The van der Waals surface area contributed by atoms with E-state index in [-0.39, 0.29) is 17.8 Å². The quantitative estimate of drug-likeness (QED) is 0.677. The Morgan fingerprint density at radius 1 is 1.23 bits per heavy atom. The molecule has 0 radical (unpaired) electrons. The summed E-state index contributed by atoms with van der Waals surface area (Å²) in [7, 11) is 0. The van der Waals surface area contributed by atoms with Crippen LogP contribution in [0.25, 0.3) is 0 Å². The van der Waals surface area contributed by atoms with Crippen LogP contribution in [0.2, 0.25) is 0 Å². The molecule has 0 heterocycles. The van der Waals surface area contributed by atoms with Gasteiger partial charge < -0.3 is 14.6 Å². The zero-order valence-electron chi connectivity index (χ0n) is 8.75. The van der Waals surface area contributed by atoms with Gasteiger partial charge in [0.05, 0.1) is 31.0 Å². The van der Waals surface area contributed by atoms with Gasteiger partial charge in [0.15, 0.2) is 0 Å². The number of hydrogen-bond acceptors (Lipinski definition) is 3. The molecule has 1 aliphatic rings. The smallest absolute Gasteiger partial charge is 0.0707 e. The molecule has 1 saturated carbocycles. The number of aliphatic hydroxyl groups is 1. The molecule has 1 N–H and O–H groups in total. The molecule has 3 nitrogen and oxygen atoms in total. The molecular weight excluding hydrogens is 168 g/mol. The summed E-state index contributed by atoms with van der Waals surface area (Å²) in [5.74, 6) is 0. The Kier molecular flexibility index (Phi) is 3.71. The summed E-state index contributed by atoms with van der Waals surface area (Å²) in [5, 5.41) is 8.99. The topological polar surface area (TPSA) is 38.7 Å². The molecule has 0 aliphatic heterocycles. The second kappa shape index (κ2) is 4.40. The van der Waals surface area contributed by atoms with E-state index in [0.29, 0.717) is 13.2 Å². The van der Waals surface area contributed by atoms with E-state index in [1.54, 1.807) is 0 Å². The first-order valence-corrected chi connectivity index (χ1v) is 4.91. The summed E-state index contributed by atoms with van der Waals surface area (Å²) in [4.78, 5) is 0. The van der Waals surface area contributed by atoms with Crippen molar-refractivity contribution in [3.05, 3.63) is 0 Å². The fourth-order valence-corrected chi connectivity index (χ4v) is 1.24. The van der Waals surface area contributed by atoms with Crippen LogP contribution in [0.3, 0.4) is 0 Å². The van der Waals surface area contributed by atoms with Gasteiger partial charge in [-0.25, -0.2) is 0 Å². The Morgan fingerprint density at radius 3 is 2.31 bits per heavy atom. The van der Waals surface area contributed by atoms with Crippen molar-refractivity contribution in [3.63, 3.8) is 0 Å². The van der Waals surface area contributed by atoms with E-state index in [4.69, 9.17) is 14.6 Å². The average molecular weight is 188 g/mol. The summed E-state index contributed by atoms with van der Waals surface area (Å²) in [5.41, 5.74) is -0.0809. The lowest BCUT2D eigenvalue weighted by Crippen LogP contribution is -2.36. The molecule has 78 valence electrons.